The number of carbonyl (C=O) groups excluding carboxylic acids is 1. The van der Waals surface area contributed by atoms with Crippen molar-refractivity contribution in [1.29, 1.82) is 5.26 Å². The van der Waals surface area contributed by atoms with Crippen molar-refractivity contribution in [1.82, 2.24) is 0 Å². The molecular formula is C20H20N2O3. The van der Waals surface area contributed by atoms with E-state index in [9.17, 15) is 4.79 Å². The number of aryl methyl sites for hydroxylation is 2. The SMILES string of the molecule is COc1ccc(/C=C(\C#N)C(N)=O)c(OCc2ccc(C)c(C)c2)c1. The molecule has 0 saturated heterocycles. The first kappa shape index (κ1) is 18.1. The fraction of sp³-hybridized carbons (Fsp3) is 0.200. The highest BCUT2D eigenvalue weighted by atomic mass is 16.5. The maximum atomic E-state index is 11.3. The van der Waals surface area contributed by atoms with E-state index in [1.54, 1.807) is 31.4 Å². The summed E-state index contributed by atoms with van der Waals surface area (Å²) in [6, 6.07) is 13.1. The van der Waals surface area contributed by atoms with E-state index in [1.165, 1.54) is 17.2 Å². The molecule has 0 heterocycles. The van der Waals surface area contributed by atoms with Crippen LogP contribution >= 0.6 is 0 Å². The Bertz CT molecular complexity index is 864. The van der Waals surface area contributed by atoms with E-state index in [1.807, 2.05) is 19.1 Å². The van der Waals surface area contributed by atoms with Crippen molar-refractivity contribution in [2.45, 2.75) is 20.5 Å². The van der Waals surface area contributed by atoms with Crippen molar-refractivity contribution in [2.75, 3.05) is 7.11 Å². The zero-order valence-corrected chi connectivity index (χ0v) is 14.5. The Balaban J connectivity index is 2.32. The number of ether oxygens (including phenoxy) is 2. The lowest BCUT2D eigenvalue weighted by Gasteiger charge is -2.12. The molecule has 2 N–H and O–H groups in total. The minimum absolute atomic E-state index is 0.138. The number of hydrogen-bond donors (Lipinski definition) is 1. The van der Waals surface area contributed by atoms with Gasteiger partial charge in [-0.15, -0.1) is 0 Å². The molecule has 0 aliphatic heterocycles. The fourth-order valence-corrected chi connectivity index (χ4v) is 2.25. The number of nitrogens with zero attached hydrogens (tertiary/aromatic N) is 1. The average Bonchev–Trinajstić information content (AvgIpc) is 2.60. The predicted octanol–water partition coefficient (Wildman–Crippen LogP) is 3.28. The Hall–Kier alpha value is -3.26. The molecule has 0 atom stereocenters. The van der Waals surface area contributed by atoms with E-state index in [-0.39, 0.29) is 5.57 Å². The molecule has 2 aromatic carbocycles. The van der Waals surface area contributed by atoms with Crippen LogP contribution in [0.2, 0.25) is 0 Å². The molecule has 0 spiro atoms. The smallest absolute Gasteiger partial charge is 0.259 e. The molecule has 5 nitrogen and oxygen atoms in total. The predicted molar refractivity (Wildman–Crippen MR) is 96.0 cm³/mol. The summed E-state index contributed by atoms with van der Waals surface area (Å²) in [5, 5.41) is 9.03. The molecule has 128 valence electrons. The molecule has 0 aliphatic carbocycles. The minimum Gasteiger partial charge on any atom is -0.497 e. The molecule has 0 aromatic heterocycles. The number of nitrogens with two attached hydrogens (primary N) is 1. The maximum Gasteiger partial charge on any atom is 0.259 e. The monoisotopic (exact) mass is 336 g/mol. The second-order valence-electron chi connectivity index (χ2n) is 5.65. The number of rotatable bonds is 6. The third-order valence-corrected chi connectivity index (χ3v) is 3.87. The molecule has 0 unspecified atom stereocenters. The Kier molecular flexibility index (Phi) is 5.80. The normalized spacial score (nSPS) is 10.9. The van der Waals surface area contributed by atoms with Gasteiger partial charge in [-0.05, 0) is 48.7 Å². The summed E-state index contributed by atoms with van der Waals surface area (Å²) in [7, 11) is 1.56. The topological polar surface area (TPSA) is 85.3 Å². The quantitative estimate of drug-likeness (QED) is 0.648. The van der Waals surface area contributed by atoms with Crippen molar-refractivity contribution in [2.24, 2.45) is 5.73 Å². The lowest BCUT2D eigenvalue weighted by molar-refractivity contribution is -0.114. The van der Waals surface area contributed by atoms with Crippen LogP contribution in [0.3, 0.4) is 0 Å². The van der Waals surface area contributed by atoms with Gasteiger partial charge in [-0.2, -0.15) is 5.26 Å². The van der Waals surface area contributed by atoms with E-state index in [4.69, 9.17) is 20.5 Å². The number of nitriles is 1. The minimum atomic E-state index is -0.779. The second-order valence-corrected chi connectivity index (χ2v) is 5.65. The summed E-state index contributed by atoms with van der Waals surface area (Å²) in [4.78, 5) is 11.3. The van der Waals surface area contributed by atoms with E-state index < -0.39 is 5.91 Å². The van der Waals surface area contributed by atoms with Crippen LogP contribution < -0.4 is 15.2 Å². The number of amides is 1. The number of hydrogen-bond acceptors (Lipinski definition) is 4. The first-order valence-corrected chi connectivity index (χ1v) is 7.73. The van der Waals surface area contributed by atoms with E-state index in [2.05, 4.69) is 13.0 Å². The molecule has 2 rings (SSSR count). The maximum absolute atomic E-state index is 11.3. The van der Waals surface area contributed by atoms with Gasteiger partial charge in [-0.25, -0.2) is 0 Å². The average molecular weight is 336 g/mol. The number of carbonyl (C=O) groups is 1. The number of primary amides is 1. The summed E-state index contributed by atoms with van der Waals surface area (Å²) in [5.74, 6) is 0.342. The first-order chi connectivity index (χ1) is 11.9. The Labute approximate surface area is 147 Å². The highest BCUT2D eigenvalue weighted by molar-refractivity contribution is 6.00. The summed E-state index contributed by atoms with van der Waals surface area (Å²) >= 11 is 0. The van der Waals surface area contributed by atoms with Crippen molar-refractivity contribution in [3.8, 4) is 17.6 Å². The van der Waals surface area contributed by atoms with E-state index in [0.717, 1.165) is 5.56 Å². The van der Waals surface area contributed by atoms with E-state index in [0.29, 0.717) is 23.7 Å². The molecule has 0 saturated carbocycles. The van der Waals surface area contributed by atoms with Gasteiger partial charge in [0.15, 0.2) is 0 Å². The van der Waals surface area contributed by atoms with Crippen molar-refractivity contribution in [3.05, 3.63) is 64.2 Å². The van der Waals surface area contributed by atoms with Crippen LogP contribution in [0.15, 0.2) is 42.0 Å². The summed E-state index contributed by atoms with van der Waals surface area (Å²) < 4.78 is 11.1. The van der Waals surface area contributed by atoms with Crippen LogP contribution in [0.5, 0.6) is 11.5 Å². The Morgan fingerprint density at radius 3 is 2.56 bits per heavy atom. The van der Waals surface area contributed by atoms with Gasteiger partial charge in [0, 0.05) is 11.6 Å². The van der Waals surface area contributed by atoms with Crippen molar-refractivity contribution < 1.29 is 14.3 Å². The van der Waals surface area contributed by atoms with Crippen molar-refractivity contribution in [3.63, 3.8) is 0 Å². The van der Waals surface area contributed by atoms with Gasteiger partial charge in [0.2, 0.25) is 0 Å². The third-order valence-electron chi connectivity index (χ3n) is 3.87. The first-order valence-electron chi connectivity index (χ1n) is 7.73. The fourth-order valence-electron chi connectivity index (χ4n) is 2.25. The molecule has 25 heavy (non-hydrogen) atoms. The van der Waals surface area contributed by atoms with Crippen LogP contribution in [0, 0.1) is 25.2 Å². The lowest BCUT2D eigenvalue weighted by Crippen LogP contribution is -2.12. The van der Waals surface area contributed by atoms with Crippen LogP contribution in [-0.2, 0) is 11.4 Å². The zero-order valence-electron chi connectivity index (χ0n) is 14.5. The van der Waals surface area contributed by atoms with Gasteiger partial charge in [-0.1, -0.05) is 18.2 Å². The van der Waals surface area contributed by atoms with Gasteiger partial charge in [0.25, 0.3) is 5.91 Å². The Morgan fingerprint density at radius 2 is 1.96 bits per heavy atom. The molecule has 0 radical (unpaired) electrons. The second kappa shape index (κ2) is 8.02. The molecule has 5 heteroatoms. The number of methoxy groups -OCH3 is 1. The van der Waals surface area contributed by atoms with Crippen LogP contribution in [-0.4, -0.2) is 13.0 Å². The van der Waals surface area contributed by atoms with Crippen molar-refractivity contribution >= 4 is 12.0 Å². The Morgan fingerprint density at radius 1 is 1.20 bits per heavy atom. The van der Waals surface area contributed by atoms with Crippen LogP contribution in [0.4, 0.5) is 0 Å². The van der Waals surface area contributed by atoms with E-state index >= 15 is 0 Å². The third kappa shape index (κ3) is 4.61. The molecule has 0 fully saturated rings. The van der Waals surface area contributed by atoms with Gasteiger partial charge in [0.05, 0.1) is 7.11 Å². The standard InChI is InChI=1S/C20H20N2O3/c1-13-4-5-15(8-14(13)2)12-25-19-10-18(24-3)7-6-16(19)9-17(11-21)20(22)23/h4-10H,12H2,1-3H3,(H2,22,23)/b17-9+. The largest absolute Gasteiger partial charge is 0.497 e. The molecular weight excluding hydrogens is 316 g/mol. The summed E-state index contributed by atoms with van der Waals surface area (Å²) in [6.45, 7) is 4.45. The summed E-state index contributed by atoms with van der Waals surface area (Å²) in [5.41, 5.74) is 9.08. The zero-order chi connectivity index (χ0) is 18.4. The van der Waals surface area contributed by atoms with Crippen LogP contribution in [0.1, 0.15) is 22.3 Å². The van der Waals surface area contributed by atoms with Crippen LogP contribution in [0.25, 0.3) is 6.08 Å². The highest BCUT2D eigenvalue weighted by Crippen LogP contribution is 2.28. The highest BCUT2D eigenvalue weighted by Gasteiger charge is 2.09. The molecule has 0 bridgehead atoms. The van der Waals surface area contributed by atoms with Gasteiger partial charge < -0.3 is 15.2 Å². The van der Waals surface area contributed by atoms with Gasteiger partial charge in [-0.3, -0.25) is 4.79 Å². The lowest BCUT2D eigenvalue weighted by atomic mass is 10.1. The molecule has 0 aliphatic rings. The molecule has 2 aromatic rings. The number of benzene rings is 2. The van der Waals surface area contributed by atoms with Gasteiger partial charge in [0.1, 0.15) is 29.7 Å². The molecule has 1 amide bonds. The van der Waals surface area contributed by atoms with Gasteiger partial charge >= 0.3 is 0 Å². The summed E-state index contributed by atoms with van der Waals surface area (Å²) in [6.07, 6.45) is 1.41.